The van der Waals surface area contributed by atoms with Gasteiger partial charge in [-0.1, -0.05) is 97.1 Å². The highest BCUT2D eigenvalue weighted by atomic mass is 32.1. The molecular formula is C52H49FN2O7S. The van der Waals surface area contributed by atoms with Gasteiger partial charge in [0, 0.05) is 36.2 Å². The van der Waals surface area contributed by atoms with E-state index >= 15 is 0 Å². The summed E-state index contributed by atoms with van der Waals surface area (Å²) in [5, 5.41) is 0. The molecule has 9 nitrogen and oxygen atoms in total. The number of benzene rings is 5. The van der Waals surface area contributed by atoms with Gasteiger partial charge >= 0.3 is 11.9 Å². The number of ether oxygens (including phenoxy) is 4. The van der Waals surface area contributed by atoms with Gasteiger partial charge in [-0.2, -0.15) is 0 Å². The van der Waals surface area contributed by atoms with Crippen LogP contribution in [0.15, 0.2) is 145 Å². The average molecular weight is 865 g/mol. The van der Waals surface area contributed by atoms with E-state index in [2.05, 4.69) is 41.4 Å². The predicted molar refractivity (Wildman–Crippen MR) is 240 cm³/mol. The lowest BCUT2D eigenvalue weighted by Gasteiger charge is -2.48. The van der Waals surface area contributed by atoms with Gasteiger partial charge in [-0.25, -0.2) is 4.39 Å². The van der Waals surface area contributed by atoms with Crippen LogP contribution in [0.1, 0.15) is 84.1 Å². The Balaban J connectivity index is 1.13. The number of hydrogen-bond donors (Lipinski definition) is 0. The van der Waals surface area contributed by atoms with Gasteiger partial charge in [0.25, 0.3) is 0 Å². The molecule has 0 spiro atoms. The van der Waals surface area contributed by atoms with E-state index in [1.54, 1.807) is 23.5 Å². The van der Waals surface area contributed by atoms with Crippen molar-refractivity contribution < 1.29 is 37.7 Å². The van der Waals surface area contributed by atoms with Crippen molar-refractivity contribution in [3.63, 3.8) is 0 Å². The van der Waals surface area contributed by atoms with E-state index in [1.807, 2.05) is 89.4 Å². The summed E-state index contributed by atoms with van der Waals surface area (Å²) in [5.74, 6) is -1.06. The number of carbonyl (C=O) groups is 3. The molecule has 1 fully saturated rings. The minimum Gasteiger partial charge on any atom is -0.489 e. The molecule has 0 radical (unpaired) electrons. The Hall–Kier alpha value is -6.43. The highest BCUT2D eigenvalue weighted by molar-refractivity contribution is 7.09. The van der Waals surface area contributed by atoms with Gasteiger partial charge in [0.1, 0.15) is 37.0 Å². The fourth-order valence-electron chi connectivity index (χ4n) is 8.32. The lowest BCUT2D eigenvalue weighted by molar-refractivity contribution is -0.148. The third kappa shape index (κ3) is 10.8. The summed E-state index contributed by atoms with van der Waals surface area (Å²) in [4.78, 5) is 45.5. The molecule has 0 aliphatic carbocycles. The summed E-state index contributed by atoms with van der Waals surface area (Å²) >= 11 is 1.64. The molecule has 1 aromatic heterocycles. The molecule has 2 aliphatic rings. The van der Waals surface area contributed by atoms with Crippen molar-refractivity contribution in [2.45, 2.75) is 76.9 Å². The van der Waals surface area contributed by atoms with E-state index in [0.717, 1.165) is 51.9 Å². The molecule has 322 valence electrons. The van der Waals surface area contributed by atoms with Crippen molar-refractivity contribution in [2.75, 3.05) is 11.5 Å². The highest BCUT2D eigenvalue weighted by Gasteiger charge is 2.50. The van der Waals surface area contributed by atoms with Crippen LogP contribution in [0, 0.1) is 11.7 Å². The van der Waals surface area contributed by atoms with Gasteiger partial charge in [0.15, 0.2) is 0 Å². The number of thiazole rings is 1. The number of aromatic nitrogens is 1. The summed E-state index contributed by atoms with van der Waals surface area (Å²) in [6.07, 6.45) is 7.91. The van der Waals surface area contributed by atoms with E-state index < -0.39 is 24.0 Å². The van der Waals surface area contributed by atoms with E-state index in [-0.39, 0.29) is 36.5 Å². The monoisotopic (exact) mass is 864 g/mol. The first-order valence-corrected chi connectivity index (χ1v) is 22.1. The molecule has 0 bridgehead atoms. The predicted octanol–water partition coefficient (Wildman–Crippen LogP) is 11.1. The summed E-state index contributed by atoms with van der Waals surface area (Å²) in [5.41, 5.74) is 9.12. The number of esters is 2. The topological polar surface area (TPSA) is 104 Å². The minimum atomic E-state index is -0.660. The molecule has 0 saturated carbocycles. The number of anilines is 1. The summed E-state index contributed by atoms with van der Waals surface area (Å²) in [7, 11) is 0. The zero-order valence-electron chi connectivity index (χ0n) is 35.2. The van der Waals surface area contributed by atoms with Crippen LogP contribution in [0.25, 0.3) is 11.1 Å². The van der Waals surface area contributed by atoms with Crippen molar-refractivity contribution in [2.24, 2.45) is 5.92 Å². The van der Waals surface area contributed by atoms with Crippen LogP contribution in [0.5, 0.6) is 5.75 Å². The van der Waals surface area contributed by atoms with E-state index in [0.29, 0.717) is 37.2 Å². The van der Waals surface area contributed by atoms with Crippen LogP contribution < -0.4 is 9.64 Å². The van der Waals surface area contributed by atoms with Crippen molar-refractivity contribution in [3.05, 3.63) is 184 Å². The molecule has 0 unspecified atom stereocenters. The smallest absolute Gasteiger partial charge is 0.303 e. The number of rotatable bonds is 17. The number of halogens is 1. The Bertz CT molecular complexity index is 2530. The number of β-lactam (4-membered cyclic amide) rings is 1. The number of hydrogen-bond acceptors (Lipinski definition) is 9. The second-order valence-electron chi connectivity index (χ2n) is 15.9. The molecule has 1 amide bonds. The maximum absolute atomic E-state index is 14.5. The maximum atomic E-state index is 14.5. The molecule has 0 N–H and O–H groups in total. The van der Waals surface area contributed by atoms with Gasteiger partial charge < -0.3 is 23.8 Å². The summed E-state index contributed by atoms with van der Waals surface area (Å²) in [6, 6.07) is 38.0. The molecule has 11 heteroatoms. The van der Waals surface area contributed by atoms with Crippen LogP contribution in [0.3, 0.4) is 0 Å². The first kappa shape index (κ1) is 43.2. The third-order valence-electron chi connectivity index (χ3n) is 11.5. The third-order valence-corrected chi connectivity index (χ3v) is 12.3. The first-order valence-electron chi connectivity index (χ1n) is 21.3. The molecule has 63 heavy (non-hydrogen) atoms. The SMILES string of the molecule is CC(=O)OC[C@H]1CC=C[C@@H](c2cccc(-c3ccc([C@@H]4[C@@H](CC[C@H](OC(C)=O)c5ccc(F)cc5)C(=O)N4c4ccc(CCc5cncs5)cc4)c(OCc4ccccc4)c3)c2)O1. The van der Waals surface area contributed by atoms with E-state index in [9.17, 15) is 18.8 Å². The molecule has 8 rings (SSSR count). The van der Waals surface area contributed by atoms with Gasteiger partial charge in [-0.3, -0.25) is 19.4 Å². The highest BCUT2D eigenvalue weighted by Crippen LogP contribution is 2.50. The van der Waals surface area contributed by atoms with Gasteiger partial charge in [0.2, 0.25) is 5.91 Å². The van der Waals surface area contributed by atoms with Crippen molar-refractivity contribution in [3.8, 4) is 16.9 Å². The number of aryl methyl sites for hydroxylation is 2. The Morgan fingerprint density at radius 1 is 0.873 bits per heavy atom. The van der Waals surface area contributed by atoms with Gasteiger partial charge in [-0.15, -0.1) is 11.3 Å². The maximum Gasteiger partial charge on any atom is 0.303 e. The molecule has 5 atom stereocenters. The fourth-order valence-corrected chi connectivity index (χ4v) is 8.91. The van der Waals surface area contributed by atoms with E-state index in [1.165, 1.54) is 30.9 Å². The Labute approximate surface area is 371 Å². The van der Waals surface area contributed by atoms with Gasteiger partial charge in [-0.05, 0) is 102 Å². The largest absolute Gasteiger partial charge is 0.489 e. The van der Waals surface area contributed by atoms with Crippen molar-refractivity contribution in [1.82, 2.24) is 4.98 Å². The molecular weight excluding hydrogens is 816 g/mol. The minimum absolute atomic E-state index is 0.0450. The second kappa shape index (κ2) is 20.2. The van der Waals surface area contributed by atoms with Crippen LogP contribution in [0.2, 0.25) is 0 Å². The lowest BCUT2D eigenvalue weighted by Crippen LogP contribution is -2.55. The quantitative estimate of drug-likeness (QED) is 0.0507. The zero-order chi connectivity index (χ0) is 43.7. The molecule has 1 saturated heterocycles. The fraction of sp³-hybridized carbons (Fsp3) is 0.269. The Kier molecular flexibility index (Phi) is 13.8. The van der Waals surface area contributed by atoms with Crippen molar-refractivity contribution in [1.29, 1.82) is 0 Å². The molecule has 5 aromatic carbocycles. The van der Waals surface area contributed by atoms with Crippen LogP contribution >= 0.6 is 11.3 Å². The molecule has 2 aliphatic heterocycles. The number of nitrogens with zero attached hydrogens (tertiary/aromatic N) is 2. The van der Waals surface area contributed by atoms with Crippen LogP contribution in [-0.4, -0.2) is 35.5 Å². The standard InChI is InChI=1S/C52H49FN2O7S/c1-34(56)59-32-44-12-7-13-48(62-44)41-11-6-10-39(28-41)40-19-25-46(50(29-40)60-31-37-8-4-3-5-9-37)51-47(26-27-49(61-35(2)57)38-17-20-42(53)21-18-38)52(58)55(51)43-22-14-36(15-23-43)16-24-45-30-54-33-63-45/h3-11,13-15,17-23,25,28-30,33,44,47-49,51H,12,16,24,26-27,31-32H2,1-2H3/t44-,47-,48+,49+,51-/m1/s1. The molecule has 6 aromatic rings. The summed E-state index contributed by atoms with van der Waals surface area (Å²) in [6.45, 7) is 3.24. The van der Waals surface area contributed by atoms with Crippen LogP contribution in [-0.2, 0) is 48.0 Å². The van der Waals surface area contributed by atoms with Crippen LogP contribution in [0.4, 0.5) is 10.1 Å². The summed E-state index contributed by atoms with van der Waals surface area (Å²) < 4.78 is 38.0. The van der Waals surface area contributed by atoms with Gasteiger partial charge in [0.05, 0.1) is 23.6 Å². The van der Waals surface area contributed by atoms with E-state index in [4.69, 9.17) is 18.9 Å². The van der Waals surface area contributed by atoms with Crippen molar-refractivity contribution >= 4 is 34.9 Å². The number of amides is 1. The first-order chi connectivity index (χ1) is 30.7. The zero-order valence-corrected chi connectivity index (χ0v) is 36.0. The lowest BCUT2D eigenvalue weighted by atomic mass is 9.77. The number of carbonyl (C=O) groups excluding carboxylic acids is 3. The second-order valence-corrected chi connectivity index (χ2v) is 16.9. The Morgan fingerprint density at radius 2 is 1.67 bits per heavy atom. The normalized spacial score (nSPS) is 18.7. The average Bonchev–Trinajstić information content (AvgIpc) is 3.83. The molecule has 3 heterocycles. The Morgan fingerprint density at radius 3 is 2.41 bits per heavy atom.